The maximum atomic E-state index is 12.6. The fraction of sp³-hybridized carbons (Fsp3) is 0.889. The summed E-state index contributed by atoms with van der Waals surface area (Å²) in [4.78, 5) is 29.0. The molecule has 0 atom stereocenters. The van der Waals surface area contributed by atoms with Crippen molar-refractivity contribution < 1.29 is 9.59 Å². The minimum absolute atomic E-state index is 0.134. The van der Waals surface area contributed by atoms with Gasteiger partial charge in [-0.15, -0.1) is 0 Å². The summed E-state index contributed by atoms with van der Waals surface area (Å²) >= 11 is 0. The molecule has 2 amide bonds. The SMILES string of the molecule is CCCN(CCC)C(=O)C1CCC(C(=O)N(CC)CC)CC1. The predicted molar refractivity (Wildman–Crippen MR) is 90.5 cm³/mol. The summed E-state index contributed by atoms with van der Waals surface area (Å²) in [5, 5.41) is 0. The van der Waals surface area contributed by atoms with E-state index in [0.29, 0.717) is 5.91 Å². The Kier molecular flexibility index (Phi) is 8.51. The van der Waals surface area contributed by atoms with Crippen LogP contribution in [0.4, 0.5) is 0 Å². The van der Waals surface area contributed by atoms with E-state index in [4.69, 9.17) is 0 Å². The Hall–Kier alpha value is -1.06. The molecule has 0 aromatic heterocycles. The minimum atomic E-state index is 0.134. The zero-order chi connectivity index (χ0) is 16.5. The van der Waals surface area contributed by atoms with E-state index in [2.05, 4.69) is 13.8 Å². The van der Waals surface area contributed by atoms with E-state index >= 15 is 0 Å². The fourth-order valence-electron chi connectivity index (χ4n) is 3.51. The highest BCUT2D eigenvalue weighted by Gasteiger charge is 2.32. The summed E-state index contributed by atoms with van der Waals surface area (Å²) in [6, 6.07) is 0. The van der Waals surface area contributed by atoms with Crippen molar-refractivity contribution in [3.8, 4) is 0 Å². The quantitative estimate of drug-likeness (QED) is 0.690. The van der Waals surface area contributed by atoms with Crippen molar-refractivity contribution in [3.05, 3.63) is 0 Å². The summed E-state index contributed by atoms with van der Waals surface area (Å²) in [6.07, 6.45) is 5.53. The first-order chi connectivity index (χ1) is 10.6. The molecule has 1 saturated carbocycles. The van der Waals surface area contributed by atoms with Crippen LogP contribution in [0.3, 0.4) is 0 Å². The molecule has 0 unspecified atom stereocenters. The summed E-state index contributed by atoms with van der Waals surface area (Å²) in [5.41, 5.74) is 0. The number of carbonyl (C=O) groups excluding carboxylic acids is 2. The molecule has 0 aromatic rings. The predicted octanol–water partition coefficient (Wildman–Crippen LogP) is 3.31. The number of carbonyl (C=O) groups is 2. The van der Waals surface area contributed by atoms with Crippen molar-refractivity contribution >= 4 is 11.8 Å². The van der Waals surface area contributed by atoms with Gasteiger partial charge < -0.3 is 9.80 Å². The Bertz CT molecular complexity index is 339. The lowest BCUT2D eigenvalue weighted by Gasteiger charge is -2.33. The maximum Gasteiger partial charge on any atom is 0.225 e. The largest absolute Gasteiger partial charge is 0.343 e. The van der Waals surface area contributed by atoms with Gasteiger partial charge in [-0.2, -0.15) is 0 Å². The molecule has 0 radical (unpaired) electrons. The number of amides is 2. The van der Waals surface area contributed by atoms with E-state index in [1.165, 1.54) is 0 Å². The van der Waals surface area contributed by atoms with Crippen LogP contribution in [0.5, 0.6) is 0 Å². The average molecular weight is 310 g/mol. The van der Waals surface area contributed by atoms with Crippen molar-refractivity contribution in [1.29, 1.82) is 0 Å². The molecule has 0 saturated heterocycles. The number of hydrogen-bond donors (Lipinski definition) is 0. The van der Waals surface area contributed by atoms with Crippen molar-refractivity contribution in [2.75, 3.05) is 26.2 Å². The molecule has 0 N–H and O–H groups in total. The normalized spacial score (nSPS) is 21.5. The summed E-state index contributed by atoms with van der Waals surface area (Å²) < 4.78 is 0. The summed E-state index contributed by atoms with van der Waals surface area (Å²) in [6.45, 7) is 11.6. The van der Waals surface area contributed by atoms with E-state index in [-0.39, 0.29) is 17.7 Å². The smallest absolute Gasteiger partial charge is 0.225 e. The highest BCUT2D eigenvalue weighted by Crippen LogP contribution is 2.31. The van der Waals surface area contributed by atoms with Crippen molar-refractivity contribution in [3.63, 3.8) is 0 Å². The summed E-state index contributed by atoms with van der Waals surface area (Å²) in [5.74, 6) is 0.876. The van der Waals surface area contributed by atoms with Crippen LogP contribution in [0.1, 0.15) is 66.2 Å². The van der Waals surface area contributed by atoms with Gasteiger partial charge in [0.1, 0.15) is 0 Å². The zero-order valence-corrected chi connectivity index (χ0v) is 14.9. The molecule has 128 valence electrons. The standard InChI is InChI=1S/C18H34N2O2/c1-5-13-20(14-6-2)18(22)16-11-9-15(10-12-16)17(21)19(7-3)8-4/h15-16H,5-14H2,1-4H3. The highest BCUT2D eigenvalue weighted by atomic mass is 16.2. The van der Waals surface area contributed by atoms with E-state index in [1.807, 2.05) is 23.6 Å². The first-order valence-corrected chi connectivity index (χ1v) is 9.16. The molecule has 0 aliphatic heterocycles. The molecule has 4 heteroatoms. The Morgan fingerprint density at radius 3 is 1.41 bits per heavy atom. The van der Waals surface area contributed by atoms with Gasteiger partial charge in [0.15, 0.2) is 0 Å². The van der Waals surface area contributed by atoms with Crippen molar-refractivity contribution in [2.45, 2.75) is 66.2 Å². The highest BCUT2D eigenvalue weighted by molar-refractivity contribution is 5.81. The van der Waals surface area contributed by atoms with E-state index in [9.17, 15) is 9.59 Å². The van der Waals surface area contributed by atoms with Gasteiger partial charge in [-0.05, 0) is 52.4 Å². The van der Waals surface area contributed by atoms with Crippen LogP contribution in [0.2, 0.25) is 0 Å². The second-order valence-corrected chi connectivity index (χ2v) is 6.38. The third-order valence-corrected chi connectivity index (χ3v) is 4.80. The fourth-order valence-corrected chi connectivity index (χ4v) is 3.51. The van der Waals surface area contributed by atoms with Gasteiger partial charge in [-0.25, -0.2) is 0 Å². The van der Waals surface area contributed by atoms with Crippen LogP contribution in [-0.2, 0) is 9.59 Å². The van der Waals surface area contributed by atoms with Gasteiger partial charge >= 0.3 is 0 Å². The molecule has 0 aromatic carbocycles. The average Bonchev–Trinajstić information content (AvgIpc) is 2.55. The maximum absolute atomic E-state index is 12.6. The molecular formula is C18H34N2O2. The minimum Gasteiger partial charge on any atom is -0.343 e. The molecule has 0 bridgehead atoms. The molecule has 0 heterocycles. The molecule has 22 heavy (non-hydrogen) atoms. The Morgan fingerprint density at radius 1 is 0.727 bits per heavy atom. The number of nitrogens with zero attached hydrogens (tertiary/aromatic N) is 2. The Balaban J connectivity index is 2.53. The van der Waals surface area contributed by atoms with Gasteiger partial charge in [-0.1, -0.05) is 13.8 Å². The second-order valence-electron chi connectivity index (χ2n) is 6.38. The Morgan fingerprint density at radius 2 is 1.09 bits per heavy atom. The molecule has 4 nitrogen and oxygen atoms in total. The number of rotatable bonds is 8. The van der Waals surface area contributed by atoms with Crippen molar-refractivity contribution in [1.82, 2.24) is 9.80 Å². The van der Waals surface area contributed by atoms with Crippen LogP contribution in [0.15, 0.2) is 0 Å². The van der Waals surface area contributed by atoms with Gasteiger partial charge in [0.25, 0.3) is 0 Å². The lowest BCUT2D eigenvalue weighted by Crippen LogP contribution is -2.41. The van der Waals surface area contributed by atoms with Gasteiger partial charge in [0.05, 0.1) is 0 Å². The molecule has 1 rings (SSSR count). The van der Waals surface area contributed by atoms with E-state index in [0.717, 1.165) is 64.7 Å². The lowest BCUT2D eigenvalue weighted by molar-refractivity contribution is -0.141. The van der Waals surface area contributed by atoms with Crippen LogP contribution < -0.4 is 0 Å². The topological polar surface area (TPSA) is 40.6 Å². The van der Waals surface area contributed by atoms with Gasteiger partial charge in [0, 0.05) is 38.0 Å². The van der Waals surface area contributed by atoms with Crippen LogP contribution in [-0.4, -0.2) is 47.8 Å². The van der Waals surface area contributed by atoms with Crippen LogP contribution in [0, 0.1) is 11.8 Å². The van der Waals surface area contributed by atoms with Gasteiger partial charge in [-0.3, -0.25) is 9.59 Å². The molecule has 1 aliphatic carbocycles. The second kappa shape index (κ2) is 9.86. The van der Waals surface area contributed by atoms with E-state index < -0.39 is 0 Å². The third kappa shape index (κ3) is 4.99. The van der Waals surface area contributed by atoms with Gasteiger partial charge in [0.2, 0.25) is 11.8 Å². The number of hydrogen-bond acceptors (Lipinski definition) is 2. The van der Waals surface area contributed by atoms with Crippen LogP contribution >= 0.6 is 0 Å². The molecule has 1 aliphatic rings. The zero-order valence-electron chi connectivity index (χ0n) is 14.9. The monoisotopic (exact) mass is 310 g/mol. The lowest BCUT2D eigenvalue weighted by atomic mass is 9.80. The summed E-state index contributed by atoms with van der Waals surface area (Å²) in [7, 11) is 0. The Labute approximate surface area is 136 Å². The van der Waals surface area contributed by atoms with E-state index in [1.54, 1.807) is 0 Å². The van der Waals surface area contributed by atoms with Crippen LogP contribution in [0.25, 0.3) is 0 Å². The molecule has 1 fully saturated rings. The first-order valence-electron chi connectivity index (χ1n) is 9.16. The molecular weight excluding hydrogens is 276 g/mol. The molecule has 0 spiro atoms. The first kappa shape index (κ1) is 19.0. The third-order valence-electron chi connectivity index (χ3n) is 4.80. The van der Waals surface area contributed by atoms with Crippen molar-refractivity contribution in [2.24, 2.45) is 11.8 Å².